The third-order valence-electron chi connectivity index (χ3n) is 4.36. The van der Waals surface area contributed by atoms with E-state index in [2.05, 4.69) is 27.5 Å². The average molecular weight is 290 g/mol. The first-order valence-electron chi connectivity index (χ1n) is 8.33. The number of nitrogens with zero attached hydrogens (tertiary/aromatic N) is 2. The molecule has 5 nitrogen and oxygen atoms in total. The van der Waals surface area contributed by atoms with Gasteiger partial charge in [-0.2, -0.15) is 0 Å². The summed E-state index contributed by atoms with van der Waals surface area (Å²) in [5.41, 5.74) is 0. The molecule has 1 aromatic heterocycles. The molecule has 3 N–H and O–H groups in total. The van der Waals surface area contributed by atoms with Crippen molar-refractivity contribution in [3.63, 3.8) is 0 Å². The molecule has 0 bridgehead atoms. The summed E-state index contributed by atoms with van der Waals surface area (Å²) in [7, 11) is 0. The smallest absolute Gasteiger partial charge is 0.136 e. The first kappa shape index (κ1) is 14.6. The molecule has 21 heavy (non-hydrogen) atoms. The van der Waals surface area contributed by atoms with E-state index in [-0.39, 0.29) is 12.1 Å². The predicted molar refractivity (Wildman–Crippen MR) is 84.7 cm³/mol. The molecular formula is C16H26N4O. The highest BCUT2D eigenvalue weighted by atomic mass is 16.3. The highest BCUT2D eigenvalue weighted by molar-refractivity contribution is 5.48. The first-order chi connectivity index (χ1) is 10.3. The molecular weight excluding hydrogens is 264 g/mol. The summed E-state index contributed by atoms with van der Waals surface area (Å²) in [5.74, 6) is 3.22. The fourth-order valence-corrected chi connectivity index (χ4v) is 2.98. The van der Waals surface area contributed by atoms with Gasteiger partial charge in [-0.25, -0.2) is 9.97 Å². The van der Waals surface area contributed by atoms with E-state index in [1.165, 1.54) is 25.7 Å². The summed E-state index contributed by atoms with van der Waals surface area (Å²) in [4.78, 5) is 9.25. The highest BCUT2D eigenvalue weighted by Gasteiger charge is 2.28. The molecule has 1 heterocycles. The quantitative estimate of drug-likeness (QED) is 0.727. The van der Waals surface area contributed by atoms with Crippen LogP contribution < -0.4 is 10.6 Å². The maximum Gasteiger partial charge on any atom is 0.136 e. The van der Waals surface area contributed by atoms with Gasteiger partial charge in [-0.1, -0.05) is 19.3 Å². The Bertz CT molecular complexity index is 475. The number of hydrogen-bond acceptors (Lipinski definition) is 5. The van der Waals surface area contributed by atoms with E-state index >= 15 is 0 Å². The topological polar surface area (TPSA) is 70.1 Å². The number of aliphatic hydroxyl groups excluding tert-OH is 1. The molecule has 0 amide bonds. The van der Waals surface area contributed by atoms with Crippen molar-refractivity contribution < 1.29 is 5.11 Å². The van der Waals surface area contributed by atoms with Crippen LogP contribution in [0.2, 0.25) is 0 Å². The molecule has 0 aliphatic heterocycles. The van der Waals surface area contributed by atoms with Crippen LogP contribution in [-0.4, -0.2) is 33.8 Å². The van der Waals surface area contributed by atoms with Gasteiger partial charge in [0.05, 0.1) is 12.1 Å². The van der Waals surface area contributed by atoms with Crippen molar-refractivity contribution in [1.29, 1.82) is 0 Å². The van der Waals surface area contributed by atoms with Gasteiger partial charge in [0, 0.05) is 18.5 Å². The zero-order chi connectivity index (χ0) is 14.7. The minimum atomic E-state index is -0.269. The Labute approximate surface area is 126 Å². The van der Waals surface area contributed by atoms with Crippen molar-refractivity contribution >= 4 is 11.6 Å². The Balaban J connectivity index is 1.76. The van der Waals surface area contributed by atoms with Gasteiger partial charge in [0.15, 0.2) is 0 Å². The lowest BCUT2D eigenvalue weighted by atomic mass is 10.1. The van der Waals surface area contributed by atoms with E-state index in [0.29, 0.717) is 5.92 Å². The van der Waals surface area contributed by atoms with Crippen LogP contribution in [0.3, 0.4) is 0 Å². The second kappa shape index (κ2) is 6.60. The lowest BCUT2D eigenvalue weighted by Crippen LogP contribution is -2.33. The van der Waals surface area contributed by atoms with Gasteiger partial charge >= 0.3 is 0 Å². The lowest BCUT2D eigenvalue weighted by Gasteiger charge is -2.23. The van der Waals surface area contributed by atoms with E-state index in [1.807, 2.05) is 6.07 Å². The Morgan fingerprint density at radius 3 is 2.62 bits per heavy atom. The molecule has 2 saturated carbocycles. The number of hydrogen-bond donors (Lipinski definition) is 3. The van der Waals surface area contributed by atoms with Gasteiger partial charge in [-0.05, 0) is 32.6 Å². The molecule has 116 valence electrons. The maximum atomic E-state index is 10.3. The van der Waals surface area contributed by atoms with E-state index in [4.69, 9.17) is 0 Å². The number of nitrogens with one attached hydrogen (secondary N) is 2. The van der Waals surface area contributed by atoms with Crippen LogP contribution in [0.25, 0.3) is 0 Å². The van der Waals surface area contributed by atoms with Crippen LogP contribution in [0.15, 0.2) is 6.07 Å². The van der Waals surface area contributed by atoms with Crippen molar-refractivity contribution in [3.05, 3.63) is 11.9 Å². The monoisotopic (exact) mass is 290 g/mol. The van der Waals surface area contributed by atoms with Crippen LogP contribution in [0, 0.1) is 0 Å². The molecule has 1 aromatic rings. The standard InChI is InChI=1S/C16H26N4O/c1-2-17-14-10-15(20-16(19-14)11-8-9-11)18-12-6-4-3-5-7-13(12)21/h10-13,21H,2-9H2,1H3,(H2,17,18,19,20). The normalized spacial score (nSPS) is 26.2. The molecule has 0 aromatic carbocycles. The van der Waals surface area contributed by atoms with Crippen molar-refractivity contribution in [1.82, 2.24) is 9.97 Å². The fourth-order valence-electron chi connectivity index (χ4n) is 2.98. The average Bonchev–Trinajstić information content (AvgIpc) is 3.29. The van der Waals surface area contributed by atoms with Crippen molar-refractivity contribution in [2.75, 3.05) is 17.2 Å². The van der Waals surface area contributed by atoms with E-state index in [0.717, 1.165) is 43.3 Å². The number of anilines is 2. The number of aliphatic hydroxyl groups is 1. The van der Waals surface area contributed by atoms with Gasteiger partial charge in [-0.3, -0.25) is 0 Å². The summed E-state index contributed by atoms with van der Waals surface area (Å²) in [6.07, 6.45) is 7.54. The third-order valence-corrected chi connectivity index (χ3v) is 4.36. The SMILES string of the molecule is CCNc1cc(NC2CCCCCC2O)nc(C2CC2)n1. The molecule has 0 saturated heterocycles. The zero-order valence-corrected chi connectivity index (χ0v) is 12.8. The summed E-state index contributed by atoms with van der Waals surface area (Å²) >= 11 is 0. The molecule has 2 fully saturated rings. The van der Waals surface area contributed by atoms with E-state index in [1.54, 1.807) is 0 Å². The molecule has 0 spiro atoms. The molecule has 2 atom stereocenters. The van der Waals surface area contributed by atoms with Gasteiger partial charge in [0.2, 0.25) is 0 Å². The molecule has 2 unspecified atom stereocenters. The van der Waals surface area contributed by atoms with Gasteiger partial charge in [-0.15, -0.1) is 0 Å². The van der Waals surface area contributed by atoms with Crippen LogP contribution in [0.1, 0.15) is 63.6 Å². The lowest BCUT2D eigenvalue weighted by molar-refractivity contribution is 0.144. The van der Waals surface area contributed by atoms with Crippen LogP contribution >= 0.6 is 0 Å². The van der Waals surface area contributed by atoms with E-state index < -0.39 is 0 Å². The van der Waals surface area contributed by atoms with Crippen LogP contribution in [-0.2, 0) is 0 Å². The minimum Gasteiger partial charge on any atom is -0.391 e. The largest absolute Gasteiger partial charge is 0.391 e. The van der Waals surface area contributed by atoms with Gasteiger partial charge in [0.1, 0.15) is 17.5 Å². The number of rotatable bonds is 5. The van der Waals surface area contributed by atoms with Crippen molar-refractivity contribution in [2.24, 2.45) is 0 Å². The summed E-state index contributed by atoms with van der Waals surface area (Å²) < 4.78 is 0. The van der Waals surface area contributed by atoms with E-state index in [9.17, 15) is 5.11 Å². The second-order valence-electron chi connectivity index (χ2n) is 6.26. The Morgan fingerprint density at radius 1 is 1.10 bits per heavy atom. The van der Waals surface area contributed by atoms with Crippen molar-refractivity contribution in [3.8, 4) is 0 Å². The van der Waals surface area contributed by atoms with Gasteiger partial charge in [0.25, 0.3) is 0 Å². The van der Waals surface area contributed by atoms with Crippen LogP contribution in [0.5, 0.6) is 0 Å². The Kier molecular flexibility index (Phi) is 4.58. The van der Waals surface area contributed by atoms with Crippen LogP contribution in [0.4, 0.5) is 11.6 Å². The molecule has 0 radical (unpaired) electrons. The summed E-state index contributed by atoms with van der Waals surface area (Å²) in [6, 6.07) is 2.08. The summed E-state index contributed by atoms with van der Waals surface area (Å²) in [6.45, 7) is 2.92. The Morgan fingerprint density at radius 2 is 1.86 bits per heavy atom. The highest BCUT2D eigenvalue weighted by Crippen LogP contribution is 2.39. The first-order valence-corrected chi connectivity index (χ1v) is 8.33. The maximum absolute atomic E-state index is 10.3. The fraction of sp³-hybridized carbons (Fsp3) is 0.750. The molecule has 2 aliphatic rings. The Hall–Kier alpha value is -1.36. The predicted octanol–water partition coefficient (Wildman–Crippen LogP) is 2.89. The van der Waals surface area contributed by atoms with Crippen molar-refractivity contribution in [2.45, 2.75) is 69.9 Å². The molecule has 5 heteroatoms. The van der Waals surface area contributed by atoms with Gasteiger partial charge < -0.3 is 15.7 Å². The minimum absolute atomic E-state index is 0.115. The summed E-state index contributed by atoms with van der Waals surface area (Å²) in [5, 5.41) is 17.0. The zero-order valence-electron chi connectivity index (χ0n) is 12.8. The second-order valence-corrected chi connectivity index (χ2v) is 6.26. The number of aromatic nitrogens is 2. The molecule has 3 rings (SSSR count). The molecule has 2 aliphatic carbocycles. The third kappa shape index (κ3) is 3.84.